The van der Waals surface area contributed by atoms with Gasteiger partial charge in [-0.3, -0.25) is 13.9 Å². The molecule has 0 saturated carbocycles. The van der Waals surface area contributed by atoms with Gasteiger partial charge in [0.1, 0.15) is 6.04 Å². The van der Waals surface area contributed by atoms with Gasteiger partial charge in [-0.2, -0.15) is 0 Å². The summed E-state index contributed by atoms with van der Waals surface area (Å²) in [5.41, 5.74) is 1.47. The number of benzene rings is 3. The third kappa shape index (κ3) is 9.25. The Kier molecular flexibility index (Phi) is 11.9. The van der Waals surface area contributed by atoms with Crippen molar-refractivity contribution in [3.05, 3.63) is 101 Å². The number of hydrogen-bond donors (Lipinski definition) is 1. The van der Waals surface area contributed by atoms with Crippen LogP contribution in [0.5, 0.6) is 0 Å². The van der Waals surface area contributed by atoms with Crippen LogP contribution in [-0.2, 0) is 32.6 Å². The SMILES string of the molecule is CC[C@@H](C)NC(=O)[C@H](Cc1ccccc1)N(Cc1ccccc1Cl)C(=O)CCCN(c1ccc(F)c(F)c1)S(C)(=O)=O. The number of carbonyl (C=O) groups is 2. The highest BCUT2D eigenvalue weighted by molar-refractivity contribution is 7.92. The molecule has 0 aliphatic heterocycles. The first-order chi connectivity index (χ1) is 19.9. The number of halogens is 3. The van der Waals surface area contributed by atoms with E-state index in [1.807, 2.05) is 44.2 Å². The molecule has 226 valence electrons. The number of anilines is 1. The molecule has 1 N–H and O–H groups in total. The van der Waals surface area contributed by atoms with Gasteiger partial charge < -0.3 is 10.2 Å². The number of carbonyl (C=O) groups excluding carboxylic acids is 2. The number of nitrogens with zero attached hydrogens (tertiary/aromatic N) is 2. The summed E-state index contributed by atoms with van der Waals surface area (Å²) in [6.45, 7) is 3.74. The number of nitrogens with one attached hydrogen (secondary N) is 1. The average Bonchev–Trinajstić information content (AvgIpc) is 2.95. The van der Waals surface area contributed by atoms with Crippen LogP contribution in [0.3, 0.4) is 0 Å². The van der Waals surface area contributed by atoms with Gasteiger partial charge in [0, 0.05) is 43.1 Å². The Morgan fingerprint density at radius 1 is 0.976 bits per heavy atom. The van der Waals surface area contributed by atoms with E-state index in [2.05, 4.69) is 5.32 Å². The molecular formula is C31H36ClF2N3O4S. The minimum atomic E-state index is -3.87. The van der Waals surface area contributed by atoms with Crippen LogP contribution in [0.25, 0.3) is 0 Å². The number of hydrogen-bond acceptors (Lipinski definition) is 4. The van der Waals surface area contributed by atoms with Crippen LogP contribution in [0, 0.1) is 11.6 Å². The van der Waals surface area contributed by atoms with E-state index in [0.29, 0.717) is 17.0 Å². The molecule has 42 heavy (non-hydrogen) atoms. The summed E-state index contributed by atoms with van der Waals surface area (Å²) in [6, 6.07) is 18.2. The Labute approximate surface area is 251 Å². The molecule has 7 nitrogen and oxygen atoms in total. The second-order valence-corrected chi connectivity index (χ2v) is 12.5. The van der Waals surface area contributed by atoms with Crippen LogP contribution < -0.4 is 9.62 Å². The van der Waals surface area contributed by atoms with Crippen molar-refractivity contribution in [3.63, 3.8) is 0 Å². The highest BCUT2D eigenvalue weighted by Crippen LogP contribution is 2.24. The summed E-state index contributed by atoms with van der Waals surface area (Å²) in [4.78, 5) is 28.9. The fraction of sp³-hybridized carbons (Fsp3) is 0.355. The molecule has 0 aromatic heterocycles. The lowest BCUT2D eigenvalue weighted by Gasteiger charge is -2.33. The van der Waals surface area contributed by atoms with E-state index in [1.54, 1.807) is 24.3 Å². The minimum Gasteiger partial charge on any atom is -0.352 e. The summed E-state index contributed by atoms with van der Waals surface area (Å²) in [5, 5.41) is 3.43. The van der Waals surface area contributed by atoms with E-state index in [9.17, 15) is 26.8 Å². The molecule has 0 bridgehead atoms. The quantitative estimate of drug-likeness (QED) is 0.250. The van der Waals surface area contributed by atoms with E-state index in [4.69, 9.17) is 11.6 Å². The molecule has 0 unspecified atom stereocenters. The lowest BCUT2D eigenvalue weighted by Crippen LogP contribution is -2.52. The molecule has 0 aliphatic carbocycles. The summed E-state index contributed by atoms with van der Waals surface area (Å²) in [7, 11) is -3.87. The van der Waals surface area contributed by atoms with E-state index in [1.165, 1.54) is 11.0 Å². The Hall–Kier alpha value is -3.50. The van der Waals surface area contributed by atoms with Gasteiger partial charge in [-0.15, -0.1) is 0 Å². The Morgan fingerprint density at radius 3 is 2.26 bits per heavy atom. The van der Waals surface area contributed by atoms with Gasteiger partial charge in [0.15, 0.2) is 11.6 Å². The third-order valence-corrected chi connectivity index (χ3v) is 8.48. The zero-order valence-electron chi connectivity index (χ0n) is 23.9. The smallest absolute Gasteiger partial charge is 0.243 e. The van der Waals surface area contributed by atoms with Crippen LogP contribution in [0.15, 0.2) is 72.8 Å². The summed E-state index contributed by atoms with van der Waals surface area (Å²) in [5.74, 6) is -2.97. The number of amides is 2. The molecule has 3 rings (SSSR count). The van der Waals surface area contributed by atoms with E-state index in [0.717, 1.165) is 28.3 Å². The standard InChI is InChI=1S/C31H36ClF2N3O4S/c1-4-22(2)35-31(39)29(19-23-11-6-5-7-12-23)36(21-24-13-8-9-14-26(24)32)30(38)15-10-18-37(42(3,40)41)25-16-17-27(33)28(34)20-25/h5-9,11-14,16-17,20,22,29H,4,10,15,18-19,21H2,1-3H3,(H,35,39)/t22-,29+/m1/s1. The van der Waals surface area contributed by atoms with Crippen molar-refractivity contribution in [1.29, 1.82) is 0 Å². The molecule has 0 heterocycles. The molecular weight excluding hydrogens is 584 g/mol. The summed E-state index contributed by atoms with van der Waals surface area (Å²) >= 11 is 6.44. The molecule has 0 saturated heterocycles. The Balaban J connectivity index is 1.91. The molecule has 0 aliphatic rings. The van der Waals surface area contributed by atoms with Crippen LogP contribution >= 0.6 is 11.6 Å². The second-order valence-electron chi connectivity index (χ2n) is 10.2. The van der Waals surface area contributed by atoms with Crippen molar-refractivity contribution in [2.75, 3.05) is 17.1 Å². The van der Waals surface area contributed by atoms with Gasteiger partial charge in [0.25, 0.3) is 0 Å². The normalized spacial score (nSPS) is 12.8. The first kappa shape index (κ1) is 33.0. The lowest BCUT2D eigenvalue weighted by molar-refractivity contribution is -0.141. The van der Waals surface area contributed by atoms with Crippen molar-refractivity contribution in [1.82, 2.24) is 10.2 Å². The largest absolute Gasteiger partial charge is 0.352 e. The first-order valence-electron chi connectivity index (χ1n) is 13.7. The van der Waals surface area contributed by atoms with Gasteiger partial charge in [0.05, 0.1) is 11.9 Å². The minimum absolute atomic E-state index is 0.0494. The van der Waals surface area contributed by atoms with Gasteiger partial charge >= 0.3 is 0 Å². The first-order valence-corrected chi connectivity index (χ1v) is 15.9. The van der Waals surface area contributed by atoms with E-state index in [-0.39, 0.29) is 55.9 Å². The van der Waals surface area contributed by atoms with Crippen LogP contribution in [0.2, 0.25) is 5.02 Å². The third-order valence-electron chi connectivity index (χ3n) is 6.91. The maximum atomic E-state index is 13.9. The molecule has 0 fully saturated rings. The average molecular weight is 620 g/mol. The van der Waals surface area contributed by atoms with Gasteiger partial charge in [-0.05, 0) is 49.1 Å². The molecule has 2 atom stereocenters. The molecule has 0 radical (unpaired) electrons. The van der Waals surface area contributed by atoms with Crippen molar-refractivity contribution < 1.29 is 26.8 Å². The molecule has 2 amide bonds. The number of rotatable bonds is 14. The van der Waals surface area contributed by atoms with Gasteiger partial charge in [-0.1, -0.05) is 67.1 Å². The number of sulfonamides is 1. The van der Waals surface area contributed by atoms with Crippen molar-refractivity contribution in [3.8, 4) is 0 Å². The predicted octanol–water partition coefficient (Wildman–Crippen LogP) is 5.72. The van der Waals surface area contributed by atoms with Crippen LogP contribution in [0.1, 0.15) is 44.2 Å². The van der Waals surface area contributed by atoms with Crippen molar-refractivity contribution >= 4 is 39.1 Å². The maximum Gasteiger partial charge on any atom is 0.243 e. The molecule has 0 spiro atoms. The zero-order valence-corrected chi connectivity index (χ0v) is 25.5. The van der Waals surface area contributed by atoms with Gasteiger partial charge in [0.2, 0.25) is 21.8 Å². The van der Waals surface area contributed by atoms with Crippen molar-refractivity contribution in [2.45, 2.75) is 58.2 Å². The lowest BCUT2D eigenvalue weighted by atomic mass is 10.0. The Morgan fingerprint density at radius 2 is 1.64 bits per heavy atom. The van der Waals surface area contributed by atoms with E-state index < -0.39 is 27.7 Å². The molecule has 11 heteroatoms. The summed E-state index contributed by atoms with van der Waals surface area (Å²) in [6.07, 6.45) is 1.86. The fourth-order valence-corrected chi connectivity index (χ4v) is 5.60. The topological polar surface area (TPSA) is 86.8 Å². The van der Waals surface area contributed by atoms with E-state index >= 15 is 0 Å². The highest BCUT2D eigenvalue weighted by Gasteiger charge is 2.31. The highest BCUT2D eigenvalue weighted by atomic mass is 35.5. The van der Waals surface area contributed by atoms with Crippen LogP contribution in [-0.4, -0.2) is 50.0 Å². The fourth-order valence-electron chi connectivity index (χ4n) is 4.45. The predicted molar refractivity (Wildman–Crippen MR) is 162 cm³/mol. The molecule has 3 aromatic rings. The second kappa shape index (κ2) is 15.1. The van der Waals surface area contributed by atoms with Crippen molar-refractivity contribution in [2.24, 2.45) is 0 Å². The summed E-state index contributed by atoms with van der Waals surface area (Å²) < 4.78 is 53.3. The van der Waals surface area contributed by atoms with Crippen LogP contribution in [0.4, 0.5) is 14.5 Å². The maximum absolute atomic E-state index is 13.9. The van der Waals surface area contributed by atoms with Gasteiger partial charge in [-0.25, -0.2) is 17.2 Å². The monoisotopic (exact) mass is 619 g/mol. The molecule has 3 aromatic carbocycles. The Bertz CT molecular complexity index is 1470. The zero-order chi connectivity index (χ0) is 30.9.